The molecule has 0 aromatic carbocycles. The van der Waals surface area contributed by atoms with Gasteiger partial charge in [0.25, 0.3) is 0 Å². The molecule has 2 aromatic heterocycles. The number of aryl methyl sites for hydroxylation is 2. The van der Waals surface area contributed by atoms with E-state index in [9.17, 15) is 0 Å². The van der Waals surface area contributed by atoms with Crippen LogP contribution in [-0.2, 0) is 0 Å². The molecule has 4 heteroatoms. The lowest BCUT2D eigenvalue weighted by Gasteiger charge is -2.01. The molecule has 14 heavy (non-hydrogen) atoms. The van der Waals surface area contributed by atoms with Gasteiger partial charge in [0, 0.05) is 17.1 Å². The third kappa shape index (κ3) is 1.19. The normalized spacial score (nSPS) is 10.8. The van der Waals surface area contributed by atoms with Crippen molar-refractivity contribution in [2.45, 2.75) is 20.8 Å². The molecule has 0 atom stereocenters. The highest BCUT2D eigenvalue weighted by Gasteiger charge is 2.08. The van der Waals surface area contributed by atoms with Crippen molar-refractivity contribution in [2.24, 2.45) is 0 Å². The van der Waals surface area contributed by atoms with Crippen molar-refractivity contribution in [3.63, 3.8) is 0 Å². The predicted octanol–water partition coefficient (Wildman–Crippen LogP) is 1.73. The fourth-order valence-corrected chi connectivity index (χ4v) is 1.53. The van der Waals surface area contributed by atoms with Gasteiger partial charge in [0.1, 0.15) is 0 Å². The highest BCUT2D eigenvalue weighted by atomic mass is 15.3. The van der Waals surface area contributed by atoms with Gasteiger partial charge in [-0.05, 0) is 26.8 Å². The van der Waals surface area contributed by atoms with Crippen molar-refractivity contribution in [1.29, 1.82) is 5.41 Å². The number of fused-ring (bicyclic) bond motifs is 1. The van der Waals surface area contributed by atoms with Gasteiger partial charge in [0.15, 0.2) is 5.65 Å². The van der Waals surface area contributed by atoms with Crippen LogP contribution in [-0.4, -0.2) is 20.3 Å². The molecule has 0 saturated heterocycles. The predicted molar refractivity (Wildman–Crippen MR) is 55.0 cm³/mol. The van der Waals surface area contributed by atoms with Gasteiger partial charge in [0.05, 0.1) is 11.8 Å². The average molecular weight is 188 g/mol. The van der Waals surface area contributed by atoms with Crippen molar-refractivity contribution in [2.75, 3.05) is 0 Å². The smallest absolute Gasteiger partial charge is 0.164 e. The first-order valence-corrected chi connectivity index (χ1v) is 4.47. The van der Waals surface area contributed by atoms with E-state index in [4.69, 9.17) is 5.41 Å². The van der Waals surface area contributed by atoms with Gasteiger partial charge in [0.2, 0.25) is 0 Å². The first-order valence-electron chi connectivity index (χ1n) is 4.47. The summed E-state index contributed by atoms with van der Waals surface area (Å²) in [6, 6.07) is 1.98. The minimum absolute atomic E-state index is 0.498. The minimum Gasteiger partial charge on any atom is -0.305 e. The standard InChI is InChI=1S/C10H12N4/c1-6-4-7(2)14-10(13-6)9(5-12-14)8(3)11/h4-5,11H,1-3H3. The summed E-state index contributed by atoms with van der Waals surface area (Å²) in [5.41, 5.74) is 4.07. The van der Waals surface area contributed by atoms with Crippen LogP contribution in [0.25, 0.3) is 5.65 Å². The Morgan fingerprint density at radius 1 is 1.43 bits per heavy atom. The van der Waals surface area contributed by atoms with Crippen molar-refractivity contribution in [1.82, 2.24) is 14.6 Å². The Morgan fingerprint density at radius 2 is 2.14 bits per heavy atom. The van der Waals surface area contributed by atoms with Gasteiger partial charge in [-0.3, -0.25) is 0 Å². The monoisotopic (exact) mass is 188 g/mol. The van der Waals surface area contributed by atoms with Crippen LogP contribution in [0.5, 0.6) is 0 Å². The Kier molecular flexibility index (Phi) is 1.84. The lowest BCUT2D eigenvalue weighted by molar-refractivity contribution is 0.886. The fourth-order valence-electron chi connectivity index (χ4n) is 1.53. The number of hydrogen-bond acceptors (Lipinski definition) is 3. The van der Waals surface area contributed by atoms with Crippen molar-refractivity contribution in [3.05, 3.63) is 29.2 Å². The molecule has 0 aliphatic carbocycles. The van der Waals surface area contributed by atoms with Crippen LogP contribution in [0.2, 0.25) is 0 Å². The fraction of sp³-hybridized carbons (Fsp3) is 0.300. The van der Waals surface area contributed by atoms with Crippen LogP contribution in [0.15, 0.2) is 12.3 Å². The molecule has 2 rings (SSSR count). The maximum atomic E-state index is 7.58. The Labute approximate surface area is 82.1 Å². The van der Waals surface area contributed by atoms with Crippen LogP contribution >= 0.6 is 0 Å². The molecule has 0 unspecified atom stereocenters. The second-order valence-electron chi connectivity index (χ2n) is 3.46. The third-order valence-electron chi connectivity index (χ3n) is 2.18. The summed E-state index contributed by atoms with van der Waals surface area (Å²) in [6.07, 6.45) is 1.69. The van der Waals surface area contributed by atoms with Gasteiger partial charge >= 0.3 is 0 Å². The Balaban J connectivity index is 2.85. The third-order valence-corrected chi connectivity index (χ3v) is 2.18. The zero-order chi connectivity index (χ0) is 10.3. The molecule has 2 heterocycles. The molecule has 0 radical (unpaired) electrons. The molecule has 0 saturated carbocycles. The molecule has 72 valence electrons. The van der Waals surface area contributed by atoms with Gasteiger partial charge in [-0.15, -0.1) is 0 Å². The van der Waals surface area contributed by atoms with E-state index in [0.717, 1.165) is 22.6 Å². The first kappa shape index (κ1) is 8.87. The van der Waals surface area contributed by atoms with E-state index in [0.29, 0.717) is 5.71 Å². The Morgan fingerprint density at radius 3 is 2.79 bits per heavy atom. The number of hydrogen-bond donors (Lipinski definition) is 1. The zero-order valence-electron chi connectivity index (χ0n) is 8.50. The molecule has 0 amide bonds. The van der Waals surface area contributed by atoms with E-state index in [1.807, 2.05) is 19.9 Å². The lowest BCUT2D eigenvalue weighted by Crippen LogP contribution is -1.99. The van der Waals surface area contributed by atoms with Crippen LogP contribution in [0, 0.1) is 19.3 Å². The minimum atomic E-state index is 0.498. The van der Waals surface area contributed by atoms with E-state index >= 15 is 0 Å². The van der Waals surface area contributed by atoms with Crippen LogP contribution in [0.4, 0.5) is 0 Å². The van der Waals surface area contributed by atoms with E-state index in [2.05, 4.69) is 10.1 Å². The van der Waals surface area contributed by atoms with Crippen LogP contribution in [0.1, 0.15) is 23.9 Å². The number of nitrogens with one attached hydrogen (secondary N) is 1. The first-order chi connectivity index (χ1) is 6.59. The van der Waals surface area contributed by atoms with E-state index in [1.165, 1.54) is 0 Å². The summed E-state index contributed by atoms with van der Waals surface area (Å²) in [5, 5.41) is 11.8. The zero-order valence-corrected chi connectivity index (χ0v) is 8.50. The summed E-state index contributed by atoms with van der Waals surface area (Å²) in [5.74, 6) is 0. The maximum absolute atomic E-state index is 7.58. The molecule has 0 aliphatic heterocycles. The van der Waals surface area contributed by atoms with Gasteiger partial charge in [-0.2, -0.15) is 5.10 Å². The van der Waals surface area contributed by atoms with Crippen molar-refractivity contribution >= 4 is 11.4 Å². The molecule has 4 nitrogen and oxygen atoms in total. The van der Waals surface area contributed by atoms with E-state index < -0.39 is 0 Å². The summed E-state index contributed by atoms with van der Waals surface area (Å²) >= 11 is 0. The summed E-state index contributed by atoms with van der Waals surface area (Å²) in [6.45, 7) is 5.68. The molecular weight excluding hydrogens is 176 g/mol. The molecule has 0 fully saturated rings. The molecule has 2 aromatic rings. The summed E-state index contributed by atoms with van der Waals surface area (Å²) < 4.78 is 1.76. The highest BCUT2D eigenvalue weighted by Crippen LogP contribution is 2.11. The number of nitrogens with zero attached hydrogens (tertiary/aromatic N) is 3. The van der Waals surface area contributed by atoms with Crippen LogP contribution in [0.3, 0.4) is 0 Å². The average Bonchev–Trinajstić information content (AvgIpc) is 2.47. The largest absolute Gasteiger partial charge is 0.305 e. The summed E-state index contributed by atoms with van der Waals surface area (Å²) in [4.78, 5) is 4.38. The topological polar surface area (TPSA) is 54.0 Å². The van der Waals surface area contributed by atoms with Crippen LogP contribution < -0.4 is 0 Å². The molecule has 1 N–H and O–H groups in total. The lowest BCUT2D eigenvalue weighted by atomic mass is 10.2. The van der Waals surface area contributed by atoms with Gasteiger partial charge in [-0.25, -0.2) is 9.50 Å². The second kappa shape index (κ2) is 2.90. The maximum Gasteiger partial charge on any atom is 0.164 e. The highest BCUT2D eigenvalue weighted by molar-refractivity contribution is 6.01. The quantitative estimate of drug-likeness (QED) is 0.693. The molecule has 0 spiro atoms. The number of rotatable bonds is 1. The van der Waals surface area contributed by atoms with E-state index in [1.54, 1.807) is 17.6 Å². The molecule has 0 aliphatic rings. The summed E-state index contributed by atoms with van der Waals surface area (Å²) in [7, 11) is 0. The van der Waals surface area contributed by atoms with E-state index in [-0.39, 0.29) is 0 Å². The Bertz CT molecular complexity index is 510. The molecular formula is C10H12N4. The van der Waals surface area contributed by atoms with Crippen molar-refractivity contribution < 1.29 is 0 Å². The van der Waals surface area contributed by atoms with Crippen molar-refractivity contribution in [3.8, 4) is 0 Å². The Hall–Kier alpha value is -1.71. The molecule has 0 bridgehead atoms. The number of aromatic nitrogens is 3. The second-order valence-corrected chi connectivity index (χ2v) is 3.46. The van der Waals surface area contributed by atoms with Gasteiger partial charge < -0.3 is 5.41 Å². The van der Waals surface area contributed by atoms with Gasteiger partial charge in [-0.1, -0.05) is 0 Å². The SMILES string of the molecule is CC(=N)c1cnn2c(C)cc(C)nc12.